The Morgan fingerprint density at radius 1 is 0.862 bits per heavy atom. The predicted octanol–water partition coefficient (Wildman–Crippen LogP) is 9.59. The molecule has 5 aliphatic rings. The van der Waals surface area contributed by atoms with Gasteiger partial charge in [-0.15, -0.1) is 0 Å². The van der Waals surface area contributed by atoms with Crippen LogP contribution in [0, 0.1) is 60.2 Å². The van der Waals surface area contributed by atoms with Crippen molar-refractivity contribution in [3.05, 3.63) is 62.2 Å². The summed E-state index contributed by atoms with van der Waals surface area (Å²) in [6, 6.07) is -0.843. The molecule has 0 amide bonds. The van der Waals surface area contributed by atoms with Crippen LogP contribution in [-0.4, -0.2) is 59.7 Å². The Morgan fingerprint density at radius 2 is 1.49 bits per heavy atom. The fourth-order valence-corrected chi connectivity index (χ4v) is 11.9. The van der Waals surface area contributed by atoms with Crippen LogP contribution in [-0.2, 0) is 23.9 Å². The zero-order valence-electron chi connectivity index (χ0n) is 42.0. The quantitative estimate of drug-likeness (QED) is 0.0764. The Morgan fingerprint density at radius 3 is 2.09 bits per heavy atom. The lowest BCUT2D eigenvalue weighted by molar-refractivity contribution is -0.144. The number of aliphatic hydroxyl groups is 1. The van der Waals surface area contributed by atoms with Crippen molar-refractivity contribution >= 4 is 35.1 Å². The first-order valence-electron chi connectivity index (χ1n) is 25.5. The number of esters is 2. The number of nitrogens with one attached hydrogen (secondary N) is 4. The summed E-state index contributed by atoms with van der Waals surface area (Å²) in [6.07, 6.45) is 20.7. The number of H-pyrrole nitrogens is 1. The predicted molar refractivity (Wildman–Crippen MR) is 262 cm³/mol. The van der Waals surface area contributed by atoms with E-state index in [0.29, 0.717) is 24.2 Å². The third kappa shape index (κ3) is 11.4. The molecule has 6 rings (SSSR count). The van der Waals surface area contributed by atoms with Crippen LogP contribution in [0.5, 0.6) is 0 Å². The average molecular weight is 897 g/mol. The largest absolute Gasteiger partial charge is 0.510 e. The van der Waals surface area contributed by atoms with Gasteiger partial charge in [-0.3, -0.25) is 14.4 Å². The standard InChI is InChI=1S/C55H84N4O6/c1-13-39-34(7)41-29-46-48(38(11)60)36(9)43(57-46)27-42-35(8)40(52(58-42)50-51(55(63)64-12)54(62)49-37(10)44(59-53(49)50)28-45(39)56-41)23-24-47(61)65-26-25-33(6)22-16-21-32(5)20-15-19-31(4)18-14-17-30(2)3/h27-35,39-40,42,46,51-52,56-59,62H,13-26H2,1-12H3/b41-29-,43-27-,45-28+/t31-,32-,33?,34+,35-,39+,40-,42+,46+,51+,52-/m0/s1. The number of allylic oxidation sites excluding steroid dienone is 3. The molecule has 5 N–H and O–H groups in total. The van der Waals surface area contributed by atoms with Gasteiger partial charge >= 0.3 is 11.9 Å². The smallest absolute Gasteiger partial charge is 0.320 e. The second-order valence-corrected chi connectivity index (χ2v) is 21.4. The highest BCUT2D eigenvalue weighted by atomic mass is 16.5. The Hall–Kier alpha value is -4.05. The lowest BCUT2D eigenvalue weighted by Gasteiger charge is -2.26. The minimum atomic E-state index is -0.994. The third-order valence-electron chi connectivity index (χ3n) is 16.1. The molecule has 2 fully saturated rings. The molecule has 10 heteroatoms. The Bertz CT molecular complexity index is 2160. The van der Waals surface area contributed by atoms with Crippen LogP contribution in [0.3, 0.4) is 0 Å². The number of hydrogen-bond acceptors (Lipinski definition) is 9. The van der Waals surface area contributed by atoms with Gasteiger partial charge in [0, 0.05) is 63.9 Å². The maximum Gasteiger partial charge on any atom is 0.320 e. The number of carbonyl (C=O) groups excluding carboxylic acids is 3. The molecule has 11 atom stereocenters. The fraction of sp³-hybridized carbons (Fsp3) is 0.691. The summed E-state index contributed by atoms with van der Waals surface area (Å²) >= 11 is 0. The molecule has 0 aromatic carbocycles. The summed E-state index contributed by atoms with van der Waals surface area (Å²) < 4.78 is 11.3. The van der Waals surface area contributed by atoms with Crippen molar-refractivity contribution in [3.8, 4) is 0 Å². The number of aromatic nitrogens is 1. The molecule has 0 radical (unpaired) electrons. The molecule has 360 valence electrons. The molecular weight excluding hydrogens is 813 g/mol. The topological polar surface area (TPSA) is 142 Å². The zero-order chi connectivity index (χ0) is 47.3. The number of rotatable bonds is 21. The number of methoxy groups -OCH3 is 1. The average Bonchev–Trinajstić information content (AvgIpc) is 4.00. The Kier molecular flexibility index (Phi) is 17.2. The molecule has 1 aromatic rings. The van der Waals surface area contributed by atoms with Gasteiger partial charge in [-0.2, -0.15) is 0 Å². The SMILES string of the molecule is CC[C@H]1/C2=C\c3[nH]c4c(c3C)=C(O)[C@H](C(=O)OC)C=4[C@H]3N[C@H](/C=C4\N[C@H](/C=C(\N2)[C@@H]1C)C(C(C)=O)=C4C)[C@@H](C)[C@@H]3CCC(=O)OCCC(C)CCC[C@@H](C)CCC[C@@H](C)CCCC(C)C. The minimum Gasteiger partial charge on any atom is -0.510 e. The number of carbonyl (C=O) groups is 3. The van der Waals surface area contributed by atoms with Gasteiger partial charge in [0.2, 0.25) is 0 Å². The maximum atomic E-state index is 13.7. The van der Waals surface area contributed by atoms with Crippen LogP contribution < -0.4 is 26.5 Å². The summed E-state index contributed by atoms with van der Waals surface area (Å²) in [5.41, 5.74) is 7.18. The first kappa shape index (κ1) is 50.4. The van der Waals surface area contributed by atoms with E-state index in [-0.39, 0.29) is 65.7 Å². The summed E-state index contributed by atoms with van der Waals surface area (Å²) in [4.78, 5) is 44.1. The van der Waals surface area contributed by atoms with Crippen molar-refractivity contribution in [3.63, 3.8) is 0 Å². The third-order valence-corrected chi connectivity index (χ3v) is 16.1. The van der Waals surface area contributed by atoms with E-state index in [1.54, 1.807) is 6.92 Å². The highest BCUT2D eigenvalue weighted by Crippen LogP contribution is 2.43. The van der Waals surface area contributed by atoms with Crippen molar-refractivity contribution < 1.29 is 29.0 Å². The first-order chi connectivity index (χ1) is 30.9. The molecule has 0 saturated carbocycles. The molecule has 10 nitrogen and oxygen atoms in total. The summed E-state index contributed by atoms with van der Waals surface area (Å²) in [7, 11) is 1.36. The highest BCUT2D eigenvalue weighted by Gasteiger charge is 2.48. The number of hydrogen-bond donors (Lipinski definition) is 5. The van der Waals surface area contributed by atoms with E-state index in [4.69, 9.17) is 9.47 Å². The number of ether oxygens (including phenoxy) is 2. The lowest BCUT2D eigenvalue weighted by Crippen LogP contribution is -2.39. The maximum absolute atomic E-state index is 13.7. The number of Topliss-reactive ketones (excluding diaryl/α,β-unsaturated/α-hetero) is 1. The number of aromatic amines is 1. The van der Waals surface area contributed by atoms with E-state index in [1.807, 2.05) is 13.8 Å². The van der Waals surface area contributed by atoms with E-state index in [9.17, 15) is 19.5 Å². The second kappa shape index (κ2) is 22.2. The Labute approximate surface area is 390 Å². The lowest BCUT2D eigenvalue weighted by atomic mass is 9.79. The van der Waals surface area contributed by atoms with Gasteiger partial charge in [0.25, 0.3) is 0 Å². The van der Waals surface area contributed by atoms with Crippen LogP contribution in [0.2, 0.25) is 0 Å². The van der Waals surface area contributed by atoms with Crippen LogP contribution >= 0.6 is 0 Å². The van der Waals surface area contributed by atoms with Crippen molar-refractivity contribution in [1.29, 1.82) is 0 Å². The van der Waals surface area contributed by atoms with Crippen LogP contribution in [0.25, 0.3) is 17.4 Å². The van der Waals surface area contributed by atoms with E-state index in [0.717, 1.165) is 87.4 Å². The van der Waals surface area contributed by atoms with Gasteiger partial charge in [0.15, 0.2) is 5.78 Å². The molecule has 1 unspecified atom stereocenters. The molecule has 2 saturated heterocycles. The van der Waals surface area contributed by atoms with Gasteiger partial charge in [-0.25, -0.2) is 0 Å². The summed E-state index contributed by atoms with van der Waals surface area (Å²) in [5.74, 6) is 1.49. The van der Waals surface area contributed by atoms with Gasteiger partial charge in [0.05, 0.1) is 25.1 Å². The van der Waals surface area contributed by atoms with Crippen molar-refractivity contribution in [2.75, 3.05) is 13.7 Å². The van der Waals surface area contributed by atoms with Gasteiger partial charge < -0.3 is 35.5 Å². The second-order valence-electron chi connectivity index (χ2n) is 21.4. The van der Waals surface area contributed by atoms with Crippen LogP contribution in [0.1, 0.15) is 164 Å². The molecule has 0 spiro atoms. The van der Waals surface area contributed by atoms with Crippen LogP contribution in [0.4, 0.5) is 0 Å². The molecule has 8 bridgehead atoms. The zero-order valence-corrected chi connectivity index (χ0v) is 42.0. The normalized spacial score (nSPS) is 29.6. The number of ketones is 1. The van der Waals surface area contributed by atoms with Crippen LogP contribution in [0.15, 0.2) is 40.4 Å². The van der Waals surface area contributed by atoms with E-state index >= 15 is 0 Å². The summed E-state index contributed by atoms with van der Waals surface area (Å²) in [5, 5.41) is 24.7. The fourth-order valence-electron chi connectivity index (χ4n) is 11.9. The minimum absolute atomic E-state index is 0.0116. The van der Waals surface area contributed by atoms with E-state index in [1.165, 1.54) is 58.5 Å². The van der Waals surface area contributed by atoms with Crippen molar-refractivity contribution in [1.82, 2.24) is 20.9 Å². The molecular formula is C55H84N4O6. The van der Waals surface area contributed by atoms with Gasteiger partial charge in [-0.1, -0.05) is 113 Å². The Balaban J connectivity index is 1.17. The molecule has 65 heavy (non-hydrogen) atoms. The molecule has 1 aromatic heterocycles. The highest BCUT2D eigenvalue weighted by molar-refractivity contribution is 5.98. The first-order valence-corrected chi connectivity index (χ1v) is 25.5. The van der Waals surface area contributed by atoms with E-state index < -0.39 is 11.9 Å². The molecule has 1 aliphatic carbocycles. The van der Waals surface area contributed by atoms with Gasteiger partial charge in [0.1, 0.15) is 11.7 Å². The molecule has 5 heterocycles. The van der Waals surface area contributed by atoms with E-state index in [2.05, 4.69) is 94.6 Å². The van der Waals surface area contributed by atoms with Gasteiger partial charge in [-0.05, 0) is 110 Å². The van der Waals surface area contributed by atoms with Crippen molar-refractivity contribution in [2.24, 2.45) is 53.3 Å². The number of aliphatic hydroxyl groups excluding tert-OH is 1. The van der Waals surface area contributed by atoms with Crippen molar-refractivity contribution in [2.45, 2.75) is 178 Å². The molecule has 4 aliphatic heterocycles. The monoisotopic (exact) mass is 897 g/mol. The summed E-state index contributed by atoms with van der Waals surface area (Å²) in [6.45, 7) is 24.4. The number of fused-ring (bicyclic) bond motifs is 8.